The summed E-state index contributed by atoms with van der Waals surface area (Å²) < 4.78 is 26.5. The average molecular weight is 290 g/mol. The Hall–Kier alpha value is -0.130. The summed E-state index contributed by atoms with van der Waals surface area (Å²) >= 11 is 3.28. The van der Waals surface area contributed by atoms with Gasteiger partial charge < -0.3 is 17.4 Å². The smallest absolute Gasteiger partial charge is 1.00 e. The van der Waals surface area contributed by atoms with E-state index in [-0.39, 0.29) is 46.8 Å². The van der Waals surface area contributed by atoms with Crippen LogP contribution in [0.5, 0.6) is 0 Å². The molecule has 2 rings (SSSR count). The van der Waals surface area contributed by atoms with Crippen molar-refractivity contribution in [2.45, 2.75) is 4.90 Å². The second-order valence-corrected chi connectivity index (χ2v) is 4.59. The summed E-state index contributed by atoms with van der Waals surface area (Å²) in [6.45, 7) is 0. The van der Waals surface area contributed by atoms with E-state index in [1.165, 1.54) is 18.5 Å². The number of imidazole rings is 1. The van der Waals surface area contributed by atoms with Gasteiger partial charge in [-0.1, -0.05) is 0 Å². The Kier molecular flexibility index (Phi) is 8.29. The molecule has 0 aliphatic carbocycles. The van der Waals surface area contributed by atoms with Crippen molar-refractivity contribution in [1.82, 2.24) is 9.97 Å². The fourth-order valence-electron chi connectivity index (χ4n) is 1.11. The van der Waals surface area contributed by atoms with Crippen LogP contribution in [0.2, 0.25) is 0 Å². The quantitative estimate of drug-likeness (QED) is 0.338. The molecule has 0 bridgehead atoms. The molecule has 0 saturated heterocycles. The Balaban J connectivity index is -0.000000562. The first-order valence-electron chi connectivity index (χ1n) is 3.65. The zero-order valence-electron chi connectivity index (χ0n) is 9.84. The minimum Gasteiger partial charge on any atom is -1.00 e. The van der Waals surface area contributed by atoms with E-state index in [2.05, 4.69) is 26.5 Å². The first kappa shape index (κ1) is 19.2. The number of hydrogen-bond acceptors (Lipinski definition) is 5. The average Bonchev–Trinajstić information content (AvgIpc) is 2.64. The molecule has 92 valence electrons. The number of aromatic nitrogens is 2. The molecular formula is C7H11N2NaO5S2. The number of hydrogen-bond donors (Lipinski definition) is 2. The largest absolute Gasteiger partial charge is 1.00 e. The molecule has 0 aliphatic heterocycles. The van der Waals surface area contributed by atoms with Gasteiger partial charge in [-0.25, -0.2) is 4.98 Å². The maximum atomic E-state index is 11.2. The van der Waals surface area contributed by atoms with Crippen molar-refractivity contribution in [2.75, 3.05) is 0 Å². The summed E-state index contributed by atoms with van der Waals surface area (Å²) in [6.07, 6.45) is 1.49. The molecular weight excluding hydrogens is 279 g/mol. The molecule has 1 heterocycles. The van der Waals surface area contributed by atoms with Crippen molar-refractivity contribution in [1.29, 1.82) is 0 Å². The number of thiol groups is 1. The molecule has 17 heavy (non-hydrogen) atoms. The van der Waals surface area contributed by atoms with Crippen LogP contribution >= 0.6 is 12.9 Å². The minimum absolute atomic E-state index is 0. The summed E-state index contributed by atoms with van der Waals surface area (Å²) in [7, 11) is -3.75. The van der Waals surface area contributed by atoms with Gasteiger partial charge in [0.05, 0.1) is 22.3 Å². The van der Waals surface area contributed by atoms with Gasteiger partial charge in [0.25, 0.3) is 0 Å². The van der Waals surface area contributed by atoms with Gasteiger partial charge in [-0.05, 0) is 31.1 Å². The maximum Gasteiger partial charge on any atom is 1.00 e. The molecule has 5 N–H and O–H groups in total. The third kappa shape index (κ3) is 3.93. The van der Waals surface area contributed by atoms with Crippen molar-refractivity contribution in [3.8, 4) is 0 Å². The first-order valence-corrected chi connectivity index (χ1v) is 5.42. The molecule has 0 fully saturated rings. The van der Waals surface area contributed by atoms with Crippen molar-refractivity contribution < 1.29 is 54.0 Å². The van der Waals surface area contributed by atoms with E-state index >= 15 is 0 Å². The molecule has 1 aromatic heterocycles. The zero-order chi connectivity index (χ0) is 10.2. The number of aromatic amines is 1. The van der Waals surface area contributed by atoms with Gasteiger partial charge in [0.2, 0.25) is 0 Å². The summed E-state index contributed by atoms with van der Waals surface area (Å²) in [5, 5.41) is 0. The standard InChI is InChI=1S/C7H6N2O3S2.Na.2H2O.H/c10-14(11,12-13)5-1-2-6-7(3-5)9-4-8-6;;;;/h1-4,13H,(H,8,9);;2*1H2;/q;+1;;;-1. The summed E-state index contributed by atoms with van der Waals surface area (Å²) in [5.74, 6) is 0. The van der Waals surface area contributed by atoms with E-state index in [1.807, 2.05) is 0 Å². The summed E-state index contributed by atoms with van der Waals surface area (Å²) in [4.78, 5) is 6.80. The molecule has 0 spiro atoms. The van der Waals surface area contributed by atoms with Gasteiger partial charge in [-0.15, -0.1) is 0 Å². The third-order valence-corrected chi connectivity index (χ3v) is 3.39. The Bertz CT molecular complexity index is 576. The van der Waals surface area contributed by atoms with Crippen LogP contribution in [0.3, 0.4) is 0 Å². The van der Waals surface area contributed by atoms with E-state index < -0.39 is 10.1 Å². The van der Waals surface area contributed by atoms with Gasteiger partial charge in [0.1, 0.15) is 0 Å². The van der Waals surface area contributed by atoms with Gasteiger partial charge in [0.15, 0.2) is 0 Å². The number of nitrogens with one attached hydrogen (secondary N) is 1. The molecule has 7 nitrogen and oxygen atoms in total. The first-order chi connectivity index (χ1) is 6.63. The van der Waals surface area contributed by atoms with E-state index in [0.29, 0.717) is 11.0 Å². The Morgan fingerprint density at radius 2 is 2.00 bits per heavy atom. The fraction of sp³-hybridized carbons (Fsp3) is 0. The van der Waals surface area contributed by atoms with Crippen LogP contribution < -0.4 is 29.6 Å². The van der Waals surface area contributed by atoms with Gasteiger partial charge in [-0.3, -0.25) is 0 Å². The molecule has 0 aliphatic rings. The Morgan fingerprint density at radius 3 is 2.59 bits per heavy atom. The third-order valence-electron chi connectivity index (χ3n) is 1.78. The number of rotatable bonds is 2. The molecule has 1 aromatic carbocycles. The van der Waals surface area contributed by atoms with Crippen molar-refractivity contribution in [3.05, 3.63) is 24.5 Å². The second-order valence-electron chi connectivity index (χ2n) is 2.61. The van der Waals surface area contributed by atoms with Crippen molar-refractivity contribution in [2.24, 2.45) is 0 Å². The van der Waals surface area contributed by atoms with Gasteiger partial charge >= 0.3 is 39.7 Å². The Morgan fingerprint density at radius 1 is 1.35 bits per heavy atom. The maximum absolute atomic E-state index is 11.2. The molecule has 0 atom stereocenters. The molecule has 2 aromatic rings. The number of H-pyrrole nitrogens is 1. The predicted octanol–water partition coefficient (Wildman–Crippen LogP) is -3.42. The van der Waals surface area contributed by atoms with E-state index in [1.54, 1.807) is 6.07 Å². The van der Waals surface area contributed by atoms with Crippen LogP contribution in [0.1, 0.15) is 1.43 Å². The topological polar surface area (TPSA) is 135 Å². The Labute approximate surface area is 127 Å². The SMILES string of the molecule is O.O.O=S(=O)(OS)c1ccc2nc[nH]c2c1.[H-].[Na+]. The van der Waals surface area contributed by atoms with Crippen LogP contribution in [0.25, 0.3) is 11.0 Å². The van der Waals surface area contributed by atoms with Crippen molar-refractivity contribution >= 4 is 34.1 Å². The van der Waals surface area contributed by atoms with E-state index in [4.69, 9.17) is 0 Å². The van der Waals surface area contributed by atoms with Gasteiger partial charge in [0, 0.05) is 0 Å². The van der Waals surface area contributed by atoms with E-state index in [0.717, 1.165) is 0 Å². The predicted molar refractivity (Wildman–Crippen MR) is 61.7 cm³/mol. The molecule has 0 unspecified atom stereocenters. The van der Waals surface area contributed by atoms with E-state index in [9.17, 15) is 8.42 Å². The number of benzene rings is 1. The molecule has 0 radical (unpaired) electrons. The number of fused-ring (bicyclic) bond motifs is 1. The number of nitrogens with zero attached hydrogens (tertiary/aromatic N) is 1. The zero-order valence-corrected chi connectivity index (χ0v) is 12.5. The molecule has 10 heteroatoms. The van der Waals surface area contributed by atoms with Crippen LogP contribution in [0.15, 0.2) is 29.4 Å². The molecule has 0 saturated carbocycles. The minimum atomic E-state index is -3.75. The van der Waals surface area contributed by atoms with Crippen LogP contribution in [0, 0.1) is 0 Å². The molecule has 0 amide bonds. The summed E-state index contributed by atoms with van der Waals surface area (Å²) in [5.41, 5.74) is 1.33. The van der Waals surface area contributed by atoms with Crippen molar-refractivity contribution in [3.63, 3.8) is 0 Å². The second kappa shape index (κ2) is 7.34. The van der Waals surface area contributed by atoms with Gasteiger partial charge in [-0.2, -0.15) is 12.0 Å². The van der Waals surface area contributed by atoms with Crippen LogP contribution in [0.4, 0.5) is 0 Å². The summed E-state index contributed by atoms with van der Waals surface area (Å²) in [6, 6.07) is 4.44. The normalized spacial score (nSPS) is 9.94. The van der Waals surface area contributed by atoms with Crippen LogP contribution in [-0.2, 0) is 13.7 Å². The monoisotopic (exact) mass is 290 g/mol. The van der Waals surface area contributed by atoms with Crippen LogP contribution in [-0.4, -0.2) is 29.3 Å². The fourth-order valence-corrected chi connectivity index (χ4v) is 1.95.